The Kier molecular flexibility index (Phi) is 6.60. The molecule has 0 spiro atoms. The van der Waals surface area contributed by atoms with Crippen molar-refractivity contribution in [1.29, 1.82) is 0 Å². The minimum atomic E-state index is 0.902. The number of rotatable bonds is 5. The lowest BCUT2D eigenvalue weighted by Gasteiger charge is -2.26. The first-order valence-corrected chi connectivity index (χ1v) is 19.1. The lowest BCUT2D eigenvalue weighted by Crippen LogP contribution is -2.10. The molecule has 0 saturated carbocycles. The second-order valence-corrected chi connectivity index (χ2v) is 14.6. The first-order valence-electron chi connectivity index (χ1n) is 19.1. The fourth-order valence-electron chi connectivity index (χ4n) is 8.97. The maximum atomic E-state index is 5.36. The number of nitrogens with zero attached hydrogens (tertiary/aromatic N) is 4. The molecule has 11 aromatic rings. The summed E-state index contributed by atoms with van der Waals surface area (Å²) in [4.78, 5) is 12.9. The van der Waals surface area contributed by atoms with E-state index in [0.29, 0.717) is 0 Å². The van der Waals surface area contributed by atoms with Crippen LogP contribution < -0.4 is 4.90 Å². The second kappa shape index (κ2) is 12.0. The highest BCUT2D eigenvalue weighted by Crippen LogP contribution is 2.52. The molecular formula is C52H32N4. The van der Waals surface area contributed by atoms with Gasteiger partial charge in [-0.2, -0.15) is 0 Å². The summed E-state index contributed by atoms with van der Waals surface area (Å²) in [6.07, 6.45) is 0. The van der Waals surface area contributed by atoms with E-state index >= 15 is 0 Å². The van der Waals surface area contributed by atoms with E-state index in [1.54, 1.807) is 0 Å². The number of hydrogen-bond donors (Lipinski definition) is 0. The van der Waals surface area contributed by atoms with Crippen molar-refractivity contribution in [2.75, 3.05) is 4.90 Å². The van der Waals surface area contributed by atoms with E-state index < -0.39 is 0 Å². The molecule has 0 fully saturated rings. The molecule has 1 aliphatic carbocycles. The highest BCUT2D eigenvalue weighted by atomic mass is 15.1. The summed E-state index contributed by atoms with van der Waals surface area (Å²) in [7, 11) is 0. The van der Waals surface area contributed by atoms with Crippen LogP contribution in [-0.4, -0.2) is 14.5 Å². The van der Waals surface area contributed by atoms with Gasteiger partial charge in [-0.05, 0) is 88.6 Å². The van der Waals surface area contributed by atoms with Crippen LogP contribution in [0, 0.1) is 0 Å². The van der Waals surface area contributed by atoms with Gasteiger partial charge in [0, 0.05) is 55.4 Å². The molecule has 260 valence electrons. The van der Waals surface area contributed by atoms with Crippen LogP contribution in [0.1, 0.15) is 0 Å². The third-order valence-corrected chi connectivity index (χ3v) is 11.5. The van der Waals surface area contributed by atoms with Crippen LogP contribution in [0.2, 0.25) is 0 Å². The monoisotopic (exact) mass is 712 g/mol. The minimum Gasteiger partial charge on any atom is -0.311 e. The fraction of sp³-hybridized carbons (Fsp3) is 0. The lowest BCUT2D eigenvalue weighted by atomic mass is 9.99. The molecule has 4 nitrogen and oxygen atoms in total. The van der Waals surface area contributed by atoms with Crippen molar-refractivity contribution < 1.29 is 0 Å². The van der Waals surface area contributed by atoms with Crippen molar-refractivity contribution in [2.45, 2.75) is 0 Å². The predicted octanol–water partition coefficient (Wildman–Crippen LogP) is 13.8. The van der Waals surface area contributed by atoms with E-state index in [1.807, 2.05) is 12.1 Å². The molecule has 9 aromatic carbocycles. The third-order valence-electron chi connectivity index (χ3n) is 11.5. The molecule has 12 rings (SSSR count). The Morgan fingerprint density at radius 3 is 1.77 bits per heavy atom. The molecule has 0 radical (unpaired) electrons. The molecule has 0 amide bonds. The largest absolute Gasteiger partial charge is 0.311 e. The van der Waals surface area contributed by atoms with Crippen molar-refractivity contribution in [3.05, 3.63) is 194 Å². The van der Waals surface area contributed by atoms with Gasteiger partial charge in [0.15, 0.2) is 0 Å². The Balaban J connectivity index is 1.11. The lowest BCUT2D eigenvalue weighted by molar-refractivity contribution is 1.18. The molecule has 0 atom stereocenters. The topological polar surface area (TPSA) is 34.0 Å². The Morgan fingerprint density at radius 1 is 0.393 bits per heavy atom. The van der Waals surface area contributed by atoms with E-state index in [9.17, 15) is 0 Å². The van der Waals surface area contributed by atoms with E-state index in [0.717, 1.165) is 61.8 Å². The molecule has 0 unspecified atom stereocenters. The van der Waals surface area contributed by atoms with Crippen molar-refractivity contribution in [3.8, 4) is 39.3 Å². The molecule has 2 aromatic heterocycles. The van der Waals surface area contributed by atoms with Crippen LogP contribution in [0.4, 0.5) is 17.1 Å². The van der Waals surface area contributed by atoms with Crippen LogP contribution in [-0.2, 0) is 0 Å². The molecule has 0 saturated heterocycles. The summed E-state index contributed by atoms with van der Waals surface area (Å²) in [5.74, 6) is 0. The van der Waals surface area contributed by atoms with Gasteiger partial charge in [0.1, 0.15) is 5.69 Å². The number of anilines is 3. The minimum absolute atomic E-state index is 0.902. The van der Waals surface area contributed by atoms with Gasteiger partial charge in [0.2, 0.25) is 0 Å². The van der Waals surface area contributed by atoms with Crippen molar-refractivity contribution in [3.63, 3.8) is 0 Å². The molecule has 0 aliphatic heterocycles. The number of aromatic nitrogens is 3. The quantitative estimate of drug-likeness (QED) is 0.178. The summed E-state index contributed by atoms with van der Waals surface area (Å²) in [6.45, 7) is 0. The average molecular weight is 713 g/mol. The third kappa shape index (κ3) is 4.53. The van der Waals surface area contributed by atoms with Crippen molar-refractivity contribution in [1.82, 2.24) is 14.5 Å². The standard InChI is InChI=1S/C52H32N4/c1-3-12-33(13-4-1)34-22-25-38(26-23-34)55(37-16-5-2-6-17-37)39-27-29-40(30-28-39)56-51-41-18-8-7-14-35(41)24-31-42(51)44-32-36-15-11-19-43-47(36)48(52(44)56)50-49(43)53-45-20-9-10-21-46(45)54-50/h1-32H. The highest BCUT2D eigenvalue weighted by Gasteiger charge is 2.30. The van der Waals surface area contributed by atoms with Crippen molar-refractivity contribution in [2.24, 2.45) is 0 Å². The molecule has 1 aliphatic rings. The average Bonchev–Trinajstić information content (AvgIpc) is 3.77. The zero-order chi connectivity index (χ0) is 36.7. The maximum Gasteiger partial charge on any atom is 0.100 e. The van der Waals surface area contributed by atoms with E-state index in [-0.39, 0.29) is 0 Å². The van der Waals surface area contributed by atoms with E-state index in [1.165, 1.54) is 49.0 Å². The van der Waals surface area contributed by atoms with Crippen LogP contribution in [0.5, 0.6) is 0 Å². The van der Waals surface area contributed by atoms with Gasteiger partial charge in [-0.25, -0.2) is 9.97 Å². The summed E-state index contributed by atoms with van der Waals surface area (Å²) in [5.41, 5.74) is 15.1. The van der Waals surface area contributed by atoms with Gasteiger partial charge in [-0.3, -0.25) is 0 Å². The first-order chi connectivity index (χ1) is 27.8. The number of para-hydroxylation sites is 3. The van der Waals surface area contributed by atoms with Gasteiger partial charge in [0.05, 0.1) is 27.8 Å². The first kappa shape index (κ1) is 30.9. The van der Waals surface area contributed by atoms with Crippen LogP contribution in [0.3, 0.4) is 0 Å². The highest BCUT2D eigenvalue weighted by molar-refractivity contribution is 6.29. The van der Waals surface area contributed by atoms with Crippen LogP contribution in [0.25, 0.3) is 93.7 Å². The molecule has 4 heteroatoms. The SMILES string of the molecule is c1ccc(-c2ccc(N(c3ccccc3)c3ccc(-n4c5c6c7c(cccc7cc5c5ccc7ccccc7c54)-c4nc5ccccc5nc4-6)cc3)cc2)cc1. The van der Waals surface area contributed by atoms with Gasteiger partial charge >= 0.3 is 0 Å². The zero-order valence-corrected chi connectivity index (χ0v) is 30.3. The second-order valence-electron chi connectivity index (χ2n) is 14.6. The summed E-state index contributed by atoms with van der Waals surface area (Å²) >= 11 is 0. The maximum absolute atomic E-state index is 5.36. The summed E-state index contributed by atoms with van der Waals surface area (Å²) in [6, 6.07) is 69.5. The zero-order valence-electron chi connectivity index (χ0n) is 30.3. The van der Waals surface area contributed by atoms with E-state index in [2.05, 4.69) is 191 Å². The van der Waals surface area contributed by atoms with Crippen molar-refractivity contribution >= 4 is 71.4 Å². The fourth-order valence-corrected chi connectivity index (χ4v) is 8.97. The van der Waals surface area contributed by atoms with Gasteiger partial charge < -0.3 is 9.47 Å². The summed E-state index contributed by atoms with van der Waals surface area (Å²) in [5, 5.41) is 7.27. The Labute approximate surface area is 323 Å². The number of hydrogen-bond acceptors (Lipinski definition) is 3. The van der Waals surface area contributed by atoms with Gasteiger partial charge in [-0.15, -0.1) is 0 Å². The molecule has 2 heterocycles. The summed E-state index contributed by atoms with van der Waals surface area (Å²) < 4.78 is 2.48. The molecule has 0 N–H and O–H groups in total. The molecule has 0 bridgehead atoms. The smallest absolute Gasteiger partial charge is 0.100 e. The van der Waals surface area contributed by atoms with E-state index in [4.69, 9.17) is 9.97 Å². The Bertz CT molecular complexity index is 3330. The Hall–Kier alpha value is -7.56. The number of benzene rings is 9. The van der Waals surface area contributed by atoms with Gasteiger partial charge in [-0.1, -0.05) is 127 Å². The molecular weight excluding hydrogens is 681 g/mol. The van der Waals surface area contributed by atoms with Crippen LogP contribution in [0.15, 0.2) is 194 Å². The van der Waals surface area contributed by atoms with Gasteiger partial charge in [0.25, 0.3) is 0 Å². The normalized spacial score (nSPS) is 11.9. The Morgan fingerprint density at radius 2 is 1.00 bits per heavy atom. The predicted molar refractivity (Wildman–Crippen MR) is 233 cm³/mol. The number of fused-ring (bicyclic) bond motifs is 10. The molecule has 56 heavy (non-hydrogen) atoms. The van der Waals surface area contributed by atoms with Crippen LogP contribution >= 0.6 is 0 Å².